The molecule has 0 aliphatic carbocycles. The Bertz CT molecular complexity index is 912. The summed E-state index contributed by atoms with van der Waals surface area (Å²) in [5, 5.41) is 1.03. The van der Waals surface area contributed by atoms with Crippen LogP contribution < -0.4 is 4.74 Å². The third kappa shape index (κ3) is 3.83. The Kier molecular flexibility index (Phi) is 5.12. The van der Waals surface area contributed by atoms with Crippen LogP contribution >= 0.6 is 0 Å². The number of rotatable bonds is 5. The molecule has 0 atom stereocenters. The number of aromatic nitrogens is 1. The van der Waals surface area contributed by atoms with E-state index in [4.69, 9.17) is 4.74 Å². The number of para-hydroxylation sites is 1. The van der Waals surface area contributed by atoms with Gasteiger partial charge in [0.2, 0.25) is 0 Å². The van der Waals surface area contributed by atoms with Crippen molar-refractivity contribution in [1.82, 2.24) is 14.4 Å². The molecule has 1 aliphatic heterocycles. The molecular formula is C22H25N3O2. The van der Waals surface area contributed by atoms with E-state index in [0.717, 1.165) is 54.9 Å². The molecule has 2 aromatic carbocycles. The highest BCUT2D eigenvalue weighted by Gasteiger charge is 2.23. The summed E-state index contributed by atoms with van der Waals surface area (Å²) >= 11 is 0. The summed E-state index contributed by atoms with van der Waals surface area (Å²) in [7, 11) is 2.01. The first-order chi connectivity index (χ1) is 13.2. The summed E-state index contributed by atoms with van der Waals surface area (Å²) < 4.78 is 7.83. The molecule has 0 bridgehead atoms. The molecule has 0 radical (unpaired) electrons. The molecule has 1 amide bonds. The molecule has 5 nitrogen and oxygen atoms in total. The molecule has 0 spiro atoms. The minimum atomic E-state index is 0.131. The highest BCUT2D eigenvalue weighted by atomic mass is 16.5. The zero-order valence-corrected chi connectivity index (χ0v) is 15.7. The van der Waals surface area contributed by atoms with Gasteiger partial charge in [-0.25, -0.2) is 0 Å². The van der Waals surface area contributed by atoms with Crippen LogP contribution in [0.3, 0.4) is 0 Å². The highest BCUT2D eigenvalue weighted by Crippen LogP contribution is 2.21. The Morgan fingerprint density at radius 1 is 0.963 bits per heavy atom. The number of benzene rings is 2. The Morgan fingerprint density at radius 3 is 2.52 bits per heavy atom. The van der Waals surface area contributed by atoms with Crippen molar-refractivity contribution in [2.45, 2.75) is 0 Å². The van der Waals surface area contributed by atoms with E-state index in [1.165, 1.54) is 0 Å². The quantitative estimate of drug-likeness (QED) is 0.699. The lowest BCUT2D eigenvalue weighted by Crippen LogP contribution is -2.49. The lowest BCUT2D eigenvalue weighted by atomic mass is 10.1. The van der Waals surface area contributed by atoms with Gasteiger partial charge in [0, 0.05) is 62.4 Å². The maximum atomic E-state index is 13.0. The van der Waals surface area contributed by atoms with Gasteiger partial charge in [0.25, 0.3) is 5.91 Å². The van der Waals surface area contributed by atoms with Gasteiger partial charge in [0.1, 0.15) is 12.4 Å². The lowest BCUT2D eigenvalue weighted by molar-refractivity contribution is 0.0622. The number of amides is 1. The molecule has 4 rings (SSSR count). The van der Waals surface area contributed by atoms with Gasteiger partial charge in [0.15, 0.2) is 0 Å². The normalized spacial score (nSPS) is 15.2. The summed E-state index contributed by atoms with van der Waals surface area (Å²) in [6, 6.07) is 17.9. The molecule has 1 aliphatic rings. The van der Waals surface area contributed by atoms with Crippen LogP contribution in [0.25, 0.3) is 10.9 Å². The van der Waals surface area contributed by atoms with Crippen LogP contribution in [-0.4, -0.2) is 59.6 Å². The van der Waals surface area contributed by atoms with E-state index >= 15 is 0 Å². The molecule has 0 N–H and O–H groups in total. The van der Waals surface area contributed by atoms with Crippen molar-refractivity contribution in [2.75, 3.05) is 39.3 Å². The number of hydrogen-bond donors (Lipinski definition) is 0. The summed E-state index contributed by atoms with van der Waals surface area (Å²) in [5.41, 5.74) is 1.89. The first-order valence-corrected chi connectivity index (χ1v) is 9.46. The number of ether oxygens (including phenoxy) is 1. The van der Waals surface area contributed by atoms with Crippen molar-refractivity contribution >= 4 is 16.8 Å². The number of hydrogen-bond acceptors (Lipinski definition) is 3. The zero-order valence-electron chi connectivity index (χ0n) is 15.7. The molecule has 3 aromatic rings. The van der Waals surface area contributed by atoms with Crippen LogP contribution in [-0.2, 0) is 7.05 Å². The fourth-order valence-electron chi connectivity index (χ4n) is 3.64. The Hall–Kier alpha value is -2.79. The smallest absolute Gasteiger partial charge is 0.254 e. The van der Waals surface area contributed by atoms with Crippen LogP contribution in [0, 0.1) is 0 Å². The van der Waals surface area contributed by atoms with Crippen LogP contribution in [0.5, 0.6) is 5.75 Å². The van der Waals surface area contributed by atoms with Crippen molar-refractivity contribution < 1.29 is 9.53 Å². The Balaban J connectivity index is 1.31. The first-order valence-electron chi connectivity index (χ1n) is 9.46. The topological polar surface area (TPSA) is 37.7 Å². The van der Waals surface area contributed by atoms with Gasteiger partial charge in [-0.05, 0) is 30.3 Å². The third-order valence-corrected chi connectivity index (χ3v) is 5.24. The predicted molar refractivity (Wildman–Crippen MR) is 107 cm³/mol. The van der Waals surface area contributed by atoms with Crippen molar-refractivity contribution in [3.63, 3.8) is 0 Å². The van der Waals surface area contributed by atoms with Crippen molar-refractivity contribution in [1.29, 1.82) is 0 Å². The largest absolute Gasteiger partial charge is 0.492 e. The van der Waals surface area contributed by atoms with Crippen LogP contribution in [0.4, 0.5) is 0 Å². The minimum absolute atomic E-state index is 0.131. The summed E-state index contributed by atoms with van der Waals surface area (Å²) in [5.74, 6) is 1.04. The van der Waals surface area contributed by atoms with Gasteiger partial charge >= 0.3 is 0 Å². The first kappa shape index (κ1) is 17.6. The Morgan fingerprint density at radius 2 is 1.74 bits per heavy atom. The summed E-state index contributed by atoms with van der Waals surface area (Å²) in [6.07, 6.45) is 2.01. The number of carbonyl (C=O) groups is 1. The molecule has 5 heteroatoms. The number of aryl methyl sites for hydroxylation is 1. The molecule has 0 unspecified atom stereocenters. The van der Waals surface area contributed by atoms with Crippen molar-refractivity contribution in [3.8, 4) is 5.75 Å². The summed E-state index contributed by atoms with van der Waals surface area (Å²) in [4.78, 5) is 17.3. The maximum absolute atomic E-state index is 13.0. The van der Waals surface area contributed by atoms with Gasteiger partial charge in [-0.1, -0.05) is 24.3 Å². The molecular weight excluding hydrogens is 338 g/mol. The van der Waals surface area contributed by atoms with Gasteiger partial charge in [-0.2, -0.15) is 0 Å². The number of carbonyl (C=O) groups excluding carboxylic acids is 1. The van der Waals surface area contributed by atoms with Crippen LogP contribution in [0.1, 0.15) is 10.4 Å². The monoisotopic (exact) mass is 363 g/mol. The third-order valence-electron chi connectivity index (χ3n) is 5.24. The molecule has 27 heavy (non-hydrogen) atoms. The van der Waals surface area contributed by atoms with E-state index in [-0.39, 0.29) is 5.91 Å². The van der Waals surface area contributed by atoms with Crippen molar-refractivity contribution in [3.05, 3.63) is 66.4 Å². The van der Waals surface area contributed by atoms with E-state index in [9.17, 15) is 4.79 Å². The maximum Gasteiger partial charge on any atom is 0.254 e. The molecule has 1 aromatic heterocycles. The van der Waals surface area contributed by atoms with Gasteiger partial charge < -0.3 is 14.2 Å². The van der Waals surface area contributed by atoms with E-state index < -0.39 is 0 Å². The molecule has 1 saturated heterocycles. The zero-order chi connectivity index (χ0) is 18.6. The number of fused-ring (bicyclic) bond motifs is 1. The fraction of sp³-hybridized carbons (Fsp3) is 0.318. The molecule has 2 heterocycles. The SMILES string of the molecule is Cn1ccc2c(C(=O)N3CCN(CCOc4ccccc4)CC3)cccc21. The minimum Gasteiger partial charge on any atom is -0.492 e. The fourth-order valence-corrected chi connectivity index (χ4v) is 3.64. The second kappa shape index (κ2) is 7.84. The van der Waals surface area contributed by atoms with Crippen LogP contribution in [0.2, 0.25) is 0 Å². The molecule has 0 saturated carbocycles. The average Bonchev–Trinajstić information content (AvgIpc) is 3.10. The van der Waals surface area contributed by atoms with E-state index in [1.54, 1.807) is 0 Å². The second-order valence-electron chi connectivity index (χ2n) is 6.96. The van der Waals surface area contributed by atoms with E-state index in [0.29, 0.717) is 6.61 Å². The molecule has 1 fully saturated rings. The van der Waals surface area contributed by atoms with E-state index in [1.807, 2.05) is 66.7 Å². The number of piperazine rings is 1. The second-order valence-corrected chi connectivity index (χ2v) is 6.96. The van der Waals surface area contributed by atoms with Gasteiger partial charge in [-0.3, -0.25) is 9.69 Å². The van der Waals surface area contributed by atoms with Gasteiger partial charge in [-0.15, -0.1) is 0 Å². The van der Waals surface area contributed by atoms with E-state index in [2.05, 4.69) is 15.5 Å². The number of nitrogens with zero attached hydrogens (tertiary/aromatic N) is 3. The standard InChI is InChI=1S/C22H25N3O2/c1-23-11-10-19-20(8-5-9-21(19)23)22(26)25-14-12-24(13-15-25)16-17-27-18-6-3-2-4-7-18/h2-11H,12-17H2,1H3. The molecule has 140 valence electrons. The highest BCUT2D eigenvalue weighted by molar-refractivity contribution is 6.06. The van der Waals surface area contributed by atoms with Crippen LogP contribution in [0.15, 0.2) is 60.8 Å². The average molecular weight is 363 g/mol. The van der Waals surface area contributed by atoms with Crippen molar-refractivity contribution in [2.24, 2.45) is 7.05 Å². The lowest BCUT2D eigenvalue weighted by Gasteiger charge is -2.34. The predicted octanol–water partition coefficient (Wildman–Crippen LogP) is 3.02. The Labute approximate surface area is 159 Å². The van der Waals surface area contributed by atoms with Gasteiger partial charge in [0.05, 0.1) is 0 Å². The summed E-state index contributed by atoms with van der Waals surface area (Å²) in [6.45, 7) is 4.83.